The topological polar surface area (TPSA) is 65.2 Å². The van der Waals surface area contributed by atoms with Crippen LogP contribution >= 0.6 is 0 Å². The van der Waals surface area contributed by atoms with Gasteiger partial charge in [0.15, 0.2) is 0 Å². The number of anilines is 1. The lowest BCUT2D eigenvalue weighted by molar-refractivity contribution is 0.0950. The van der Waals surface area contributed by atoms with Crippen LogP contribution in [-0.4, -0.2) is 17.9 Å². The third-order valence-electron chi connectivity index (χ3n) is 2.48. The van der Waals surface area contributed by atoms with Crippen molar-refractivity contribution in [2.45, 2.75) is 0 Å². The Kier molecular flexibility index (Phi) is 3.43. The van der Waals surface area contributed by atoms with Crippen LogP contribution in [0.15, 0.2) is 53.5 Å². The van der Waals surface area contributed by atoms with Gasteiger partial charge in [0.2, 0.25) is 0 Å². The van der Waals surface area contributed by atoms with Crippen LogP contribution in [0, 0.1) is 0 Å². The minimum absolute atomic E-state index is 0.0836. The Hall–Kier alpha value is -2.56. The van der Waals surface area contributed by atoms with Crippen LogP contribution in [0.5, 0.6) is 0 Å². The number of amides is 1. The van der Waals surface area contributed by atoms with Crippen molar-refractivity contribution in [2.75, 3.05) is 12.1 Å². The van der Waals surface area contributed by atoms with Crippen molar-refractivity contribution in [2.24, 2.45) is 0 Å². The minimum Gasteiger partial charge on any atom is -0.328 e. The van der Waals surface area contributed by atoms with E-state index in [2.05, 4.69) is 10.4 Å². The lowest BCUT2D eigenvalue weighted by Crippen LogP contribution is -2.41. The molecule has 1 heterocycles. The Morgan fingerprint density at radius 1 is 1.17 bits per heavy atom. The molecule has 0 spiro atoms. The van der Waals surface area contributed by atoms with E-state index < -0.39 is 11.5 Å². The Bertz CT molecular complexity index is 592. The van der Waals surface area contributed by atoms with Gasteiger partial charge in [0.05, 0.1) is 5.69 Å². The number of carbonyl (C=O) groups excluding carboxylic acids is 1. The fraction of sp³-hybridized carbons (Fsp3) is 0.0769. The molecule has 1 aromatic carbocycles. The summed E-state index contributed by atoms with van der Waals surface area (Å²) in [6.07, 6.45) is 1.49. The van der Waals surface area contributed by atoms with Gasteiger partial charge in [-0.25, -0.2) is 0 Å². The fourth-order valence-electron chi connectivity index (χ4n) is 1.53. The van der Waals surface area contributed by atoms with Crippen LogP contribution in [0.25, 0.3) is 0 Å². The highest BCUT2D eigenvalue weighted by Crippen LogP contribution is 2.08. The summed E-state index contributed by atoms with van der Waals surface area (Å²) in [5.41, 5.74) is 3.14. The maximum absolute atomic E-state index is 11.9. The highest BCUT2D eigenvalue weighted by Gasteiger charge is 2.11. The van der Waals surface area contributed by atoms with Crippen LogP contribution < -0.4 is 16.0 Å². The number of hydrogen-bond acceptors (Lipinski definition) is 3. The average molecular weight is 243 g/mol. The molecule has 1 aromatic heterocycles. The predicted octanol–water partition coefficient (Wildman–Crippen LogP) is 1.16. The summed E-state index contributed by atoms with van der Waals surface area (Å²) >= 11 is 0. The molecule has 0 fully saturated rings. The largest absolute Gasteiger partial charge is 0.328 e. The molecule has 2 aromatic rings. The molecule has 2 rings (SSSR count). The number of nitrogens with zero attached hydrogens (tertiary/aromatic N) is 1. The quantitative estimate of drug-likeness (QED) is 0.795. The van der Waals surface area contributed by atoms with E-state index in [1.54, 1.807) is 18.1 Å². The standard InChI is InChI=1S/C13H13N3O2/c1-16(10-6-3-2-4-7-10)15-13(18)11-8-5-9-14-12(11)17/h2-9H,1H3,(H,14,17)(H,15,18). The van der Waals surface area contributed by atoms with Gasteiger partial charge in [0, 0.05) is 13.2 Å². The third kappa shape index (κ3) is 2.57. The molecule has 0 radical (unpaired) electrons. The van der Waals surface area contributed by atoms with Crippen LogP contribution in [0.3, 0.4) is 0 Å². The molecule has 1 amide bonds. The number of aromatic nitrogens is 1. The molecule has 92 valence electrons. The van der Waals surface area contributed by atoms with Crippen LogP contribution in [-0.2, 0) is 0 Å². The fourth-order valence-corrected chi connectivity index (χ4v) is 1.53. The summed E-state index contributed by atoms with van der Waals surface area (Å²) in [4.78, 5) is 25.8. The molecule has 0 saturated carbocycles. The number of pyridine rings is 1. The predicted molar refractivity (Wildman–Crippen MR) is 69.4 cm³/mol. The van der Waals surface area contributed by atoms with Crippen molar-refractivity contribution in [3.05, 3.63) is 64.6 Å². The van der Waals surface area contributed by atoms with E-state index in [0.29, 0.717) is 0 Å². The molecular weight excluding hydrogens is 230 g/mol. The first kappa shape index (κ1) is 11.9. The van der Waals surface area contributed by atoms with Crippen molar-refractivity contribution >= 4 is 11.6 Å². The normalized spacial score (nSPS) is 9.83. The van der Waals surface area contributed by atoms with Gasteiger partial charge in [-0.2, -0.15) is 0 Å². The lowest BCUT2D eigenvalue weighted by atomic mass is 10.2. The Labute approximate surface area is 104 Å². The number of para-hydroxylation sites is 1. The number of carbonyl (C=O) groups is 1. The van der Waals surface area contributed by atoms with Gasteiger partial charge in [-0.15, -0.1) is 0 Å². The van der Waals surface area contributed by atoms with Crippen molar-refractivity contribution < 1.29 is 4.79 Å². The van der Waals surface area contributed by atoms with Gasteiger partial charge in [-0.1, -0.05) is 18.2 Å². The van der Waals surface area contributed by atoms with Crippen LogP contribution in [0.4, 0.5) is 5.69 Å². The van der Waals surface area contributed by atoms with E-state index in [1.807, 2.05) is 30.3 Å². The Morgan fingerprint density at radius 2 is 1.89 bits per heavy atom. The molecule has 0 aliphatic heterocycles. The molecule has 5 heteroatoms. The van der Waals surface area contributed by atoms with Gasteiger partial charge in [0.25, 0.3) is 11.5 Å². The molecule has 0 unspecified atom stereocenters. The maximum Gasteiger partial charge on any atom is 0.275 e. The van der Waals surface area contributed by atoms with Crippen molar-refractivity contribution in [1.29, 1.82) is 0 Å². The number of benzene rings is 1. The number of nitrogens with one attached hydrogen (secondary N) is 2. The second-order valence-corrected chi connectivity index (χ2v) is 3.75. The summed E-state index contributed by atoms with van der Waals surface area (Å²) in [7, 11) is 1.71. The first-order valence-electron chi connectivity index (χ1n) is 5.46. The van der Waals surface area contributed by atoms with E-state index in [1.165, 1.54) is 12.3 Å². The number of H-pyrrole nitrogens is 1. The molecule has 5 nitrogen and oxygen atoms in total. The van der Waals surface area contributed by atoms with E-state index in [9.17, 15) is 9.59 Å². The van der Waals surface area contributed by atoms with Crippen LogP contribution in [0.2, 0.25) is 0 Å². The summed E-state index contributed by atoms with van der Waals surface area (Å²) in [5, 5.41) is 1.56. The molecular formula is C13H13N3O2. The molecule has 0 atom stereocenters. The number of hydrogen-bond donors (Lipinski definition) is 2. The van der Waals surface area contributed by atoms with Crippen molar-refractivity contribution in [1.82, 2.24) is 10.4 Å². The zero-order chi connectivity index (χ0) is 13.0. The summed E-state index contributed by atoms with van der Waals surface area (Å²) in [6.45, 7) is 0. The monoisotopic (exact) mass is 243 g/mol. The van der Waals surface area contributed by atoms with Crippen molar-refractivity contribution in [3.8, 4) is 0 Å². The SMILES string of the molecule is CN(NC(=O)c1ccc[nH]c1=O)c1ccccc1. The van der Waals surface area contributed by atoms with Crippen LogP contribution in [0.1, 0.15) is 10.4 Å². The van der Waals surface area contributed by atoms with Gasteiger partial charge in [-0.05, 0) is 24.3 Å². The maximum atomic E-state index is 11.9. The number of rotatable bonds is 3. The summed E-state index contributed by atoms with van der Waals surface area (Å²) in [6, 6.07) is 12.4. The smallest absolute Gasteiger partial charge is 0.275 e. The second-order valence-electron chi connectivity index (χ2n) is 3.75. The Balaban J connectivity index is 2.14. The Morgan fingerprint density at radius 3 is 2.56 bits per heavy atom. The van der Waals surface area contributed by atoms with Gasteiger partial charge in [0.1, 0.15) is 5.56 Å². The molecule has 0 aliphatic carbocycles. The van der Waals surface area contributed by atoms with Gasteiger partial charge >= 0.3 is 0 Å². The average Bonchev–Trinajstić information content (AvgIpc) is 2.40. The highest BCUT2D eigenvalue weighted by atomic mass is 16.2. The van der Waals surface area contributed by atoms with E-state index >= 15 is 0 Å². The van der Waals surface area contributed by atoms with E-state index in [4.69, 9.17) is 0 Å². The molecule has 0 saturated heterocycles. The number of hydrazine groups is 1. The van der Waals surface area contributed by atoms with Gasteiger partial charge < -0.3 is 4.98 Å². The molecule has 18 heavy (non-hydrogen) atoms. The molecule has 2 N–H and O–H groups in total. The second kappa shape index (κ2) is 5.18. The number of aromatic amines is 1. The van der Waals surface area contributed by atoms with E-state index in [-0.39, 0.29) is 5.56 Å². The molecule has 0 bridgehead atoms. The van der Waals surface area contributed by atoms with E-state index in [0.717, 1.165) is 5.69 Å². The zero-order valence-electron chi connectivity index (χ0n) is 9.88. The first-order chi connectivity index (χ1) is 8.68. The first-order valence-corrected chi connectivity index (χ1v) is 5.46. The zero-order valence-corrected chi connectivity index (χ0v) is 9.88. The minimum atomic E-state index is -0.441. The van der Waals surface area contributed by atoms with Crippen molar-refractivity contribution in [3.63, 3.8) is 0 Å². The lowest BCUT2D eigenvalue weighted by Gasteiger charge is -2.19. The summed E-state index contributed by atoms with van der Waals surface area (Å²) in [5.74, 6) is -0.441. The highest BCUT2D eigenvalue weighted by molar-refractivity contribution is 5.94. The summed E-state index contributed by atoms with van der Waals surface area (Å²) < 4.78 is 0. The van der Waals surface area contributed by atoms with Gasteiger partial charge in [-0.3, -0.25) is 20.0 Å². The molecule has 0 aliphatic rings. The third-order valence-corrected chi connectivity index (χ3v) is 2.48.